The quantitative estimate of drug-likeness (QED) is 0.529. The van der Waals surface area contributed by atoms with Crippen LogP contribution in [0.2, 0.25) is 0 Å². The first-order chi connectivity index (χ1) is 16.5. The van der Waals surface area contributed by atoms with E-state index in [-0.39, 0.29) is 11.8 Å². The Hall–Kier alpha value is -2.87. The summed E-state index contributed by atoms with van der Waals surface area (Å²) in [5, 5.41) is 1.25. The number of piperazine rings is 1. The number of nitrogens with zero attached hydrogens (tertiary/aromatic N) is 4. The van der Waals surface area contributed by atoms with Gasteiger partial charge in [-0.1, -0.05) is 13.8 Å². The van der Waals surface area contributed by atoms with E-state index in [2.05, 4.69) is 18.7 Å². The topological polar surface area (TPSA) is 67.8 Å². The van der Waals surface area contributed by atoms with Gasteiger partial charge in [0.15, 0.2) is 0 Å². The van der Waals surface area contributed by atoms with E-state index < -0.39 is 0 Å². The van der Waals surface area contributed by atoms with E-state index in [4.69, 9.17) is 19.4 Å². The van der Waals surface area contributed by atoms with Gasteiger partial charge in [0.1, 0.15) is 28.0 Å². The standard InChI is InChI=1S/C26H32N4O3S/c1-16(2)23-27-24(22-20-7-5-6-8-21(20)34-25(22)28-23)29-9-11-30(12-10-29)26(31)17-13-18(32-3)15-19(14-17)33-4/h13-16H,5-12H2,1-4H3. The zero-order valence-electron chi connectivity index (χ0n) is 20.4. The Labute approximate surface area is 204 Å². The van der Waals surface area contributed by atoms with Gasteiger partial charge in [-0.2, -0.15) is 0 Å². The second-order valence-electron chi connectivity index (χ2n) is 9.33. The molecule has 1 fully saturated rings. The third-order valence-corrected chi connectivity index (χ3v) is 7.98. The van der Waals surface area contributed by atoms with Gasteiger partial charge in [0.05, 0.1) is 19.6 Å². The van der Waals surface area contributed by atoms with Crippen molar-refractivity contribution in [1.29, 1.82) is 0 Å². The fourth-order valence-electron chi connectivity index (χ4n) is 4.88. The van der Waals surface area contributed by atoms with E-state index in [0.29, 0.717) is 30.2 Å². The molecule has 2 aliphatic rings. The summed E-state index contributed by atoms with van der Waals surface area (Å²) in [6, 6.07) is 5.33. The average molecular weight is 481 g/mol. The molecule has 1 aliphatic heterocycles. The minimum Gasteiger partial charge on any atom is -0.497 e. The lowest BCUT2D eigenvalue weighted by Gasteiger charge is -2.36. The van der Waals surface area contributed by atoms with Crippen molar-refractivity contribution in [2.24, 2.45) is 0 Å². The molecule has 180 valence electrons. The van der Waals surface area contributed by atoms with Gasteiger partial charge in [0.25, 0.3) is 5.91 Å². The number of methoxy groups -OCH3 is 2. The largest absolute Gasteiger partial charge is 0.497 e. The summed E-state index contributed by atoms with van der Waals surface area (Å²) in [5.41, 5.74) is 2.04. The Morgan fingerprint density at radius 2 is 1.65 bits per heavy atom. The summed E-state index contributed by atoms with van der Waals surface area (Å²) < 4.78 is 10.7. The lowest BCUT2D eigenvalue weighted by molar-refractivity contribution is 0.0746. The summed E-state index contributed by atoms with van der Waals surface area (Å²) in [6.07, 6.45) is 4.76. The molecular weight excluding hydrogens is 448 g/mol. The molecule has 3 heterocycles. The van der Waals surface area contributed by atoms with Crippen LogP contribution in [0.25, 0.3) is 10.2 Å². The van der Waals surface area contributed by atoms with E-state index in [0.717, 1.165) is 42.4 Å². The monoisotopic (exact) mass is 480 g/mol. The maximum Gasteiger partial charge on any atom is 0.254 e. The molecule has 0 N–H and O–H groups in total. The highest BCUT2D eigenvalue weighted by molar-refractivity contribution is 7.19. The number of thiophene rings is 1. The highest BCUT2D eigenvalue weighted by Crippen LogP contribution is 2.40. The first kappa shape index (κ1) is 22.9. The number of hydrogen-bond acceptors (Lipinski definition) is 7. The van der Waals surface area contributed by atoms with Crippen molar-refractivity contribution < 1.29 is 14.3 Å². The molecule has 1 aliphatic carbocycles. The lowest BCUT2D eigenvalue weighted by atomic mass is 9.96. The predicted molar refractivity (Wildman–Crippen MR) is 136 cm³/mol. The number of amides is 1. The van der Waals surface area contributed by atoms with Crippen molar-refractivity contribution >= 4 is 33.3 Å². The lowest BCUT2D eigenvalue weighted by Crippen LogP contribution is -2.49. The maximum atomic E-state index is 13.3. The Morgan fingerprint density at radius 3 is 2.29 bits per heavy atom. The van der Waals surface area contributed by atoms with E-state index >= 15 is 0 Å². The van der Waals surface area contributed by atoms with Gasteiger partial charge in [-0.05, 0) is 43.4 Å². The second-order valence-corrected chi connectivity index (χ2v) is 10.4. The zero-order chi connectivity index (χ0) is 23.8. The van der Waals surface area contributed by atoms with E-state index in [9.17, 15) is 4.79 Å². The zero-order valence-corrected chi connectivity index (χ0v) is 21.2. The maximum absolute atomic E-state index is 13.3. The number of benzene rings is 1. The van der Waals surface area contributed by atoms with E-state index in [1.807, 2.05) is 16.2 Å². The van der Waals surface area contributed by atoms with Gasteiger partial charge in [-0.15, -0.1) is 11.3 Å². The molecule has 1 amide bonds. The van der Waals surface area contributed by atoms with Crippen molar-refractivity contribution in [2.75, 3.05) is 45.3 Å². The van der Waals surface area contributed by atoms with Crippen LogP contribution in [0.15, 0.2) is 18.2 Å². The number of ether oxygens (including phenoxy) is 2. The summed E-state index contributed by atoms with van der Waals surface area (Å²) in [6.45, 7) is 7.09. The van der Waals surface area contributed by atoms with Crippen LogP contribution in [-0.2, 0) is 12.8 Å². The molecule has 1 aromatic carbocycles. The van der Waals surface area contributed by atoms with Gasteiger partial charge in [-0.3, -0.25) is 4.79 Å². The van der Waals surface area contributed by atoms with Crippen molar-refractivity contribution in [3.05, 3.63) is 40.0 Å². The number of carbonyl (C=O) groups is 1. The van der Waals surface area contributed by atoms with Crippen molar-refractivity contribution in [1.82, 2.24) is 14.9 Å². The van der Waals surface area contributed by atoms with Crippen LogP contribution in [0.5, 0.6) is 11.5 Å². The van der Waals surface area contributed by atoms with Crippen molar-refractivity contribution in [3.8, 4) is 11.5 Å². The molecule has 8 heteroatoms. The van der Waals surface area contributed by atoms with E-state index in [1.165, 1.54) is 28.7 Å². The van der Waals surface area contributed by atoms with Crippen LogP contribution >= 0.6 is 11.3 Å². The summed E-state index contributed by atoms with van der Waals surface area (Å²) in [7, 11) is 3.19. The van der Waals surface area contributed by atoms with Crippen LogP contribution in [0.3, 0.4) is 0 Å². The molecule has 0 unspecified atom stereocenters. The summed E-state index contributed by atoms with van der Waals surface area (Å²) >= 11 is 1.85. The highest BCUT2D eigenvalue weighted by atomic mass is 32.1. The molecular formula is C26H32N4O3S. The van der Waals surface area contributed by atoms with Crippen LogP contribution in [0.4, 0.5) is 5.82 Å². The second kappa shape index (κ2) is 9.41. The summed E-state index contributed by atoms with van der Waals surface area (Å²) in [5.74, 6) is 3.47. The molecule has 2 aromatic heterocycles. The Kier molecular flexibility index (Phi) is 6.34. The Morgan fingerprint density at radius 1 is 0.971 bits per heavy atom. The average Bonchev–Trinajstić information content (AvgIpc) is 3.26. The van der Waals surface area contributed by atoms with Gasteiger partial charge in [0, 0.05) is 48.6 Å². The molecule has 0 saturated carbocycles. The van der Waals surface area contributed by atoms with Crippen LogP contribution in [0.1, 0.15) is 59.2 Å². The minimum atomic E-state index is 0.000432. The molecule has 34 heavy (non-hydrogen) atoms. The van der Waals surface area contributed by atoms with Gasteiger partial charge < -0.3 is 19.3 Å². The van der Waals surface area contributed by atoms with Crippen LogP contribution < -0.4 is 14.4 Å². The third-order valence-electron chi connectivity index (χ3n) is 6.79. The third kappa shape index (κ3) is 4.19. The number of aromatic nitrogens is 2. The smallest absolute Gasteiger partial charge is 0.254 e. The van der Waals surface area contributed by atoms with Crippen LogP contribution in [-0.4, -0.2) is 61.2 Å². The molecule has 5 rings (SSSR count). The van der Waals surface area contributed by atoms with Crippen LogP contribution in [0, 0.1) is 0 Å². The first-order valence-electron chi connectivity index (χ1n) is 12.1. The fourth-order valence-corrected chi connectivity index (χ4v) is 6.14. The number of hydrogen-bond donors (Lipinski definition) is 0. The molecule has 1 saturated heterocycles. The molecule has 7 nitrogen and oxygen atoms in total. The van der Waals surface area contributed by atoms with Gasteiger partial charge >= 0.3 is 0 Å². The number of anilines is 1. The number of rotatable bonds is 5. The molecule has 0 spiro atoms. The van der Waals surface area contributed by atoms with Gasteiger partial charge in [0.2, 0.25) is 0 Å². The number of aryl methyl sites for hydroxylation is 2. The fraction of sp³-hybridized carbons (Fsp3) is 0.500. The van der Waals surface area contributed by atoms with Crippen molar-refractivity contribution in [3.63, 3.8) is 0 Å². The number of fused-ring (bicyclic) bond motifs is 3. The molecule has 0 radical (unpaired) electrons. The molecule has 0 atom stereocenters. The highest BCUT2D eigenvalue weighted by Gasteiger charge is 2.28. The Balaban J connectivity index is 1.41. The minimum absolute atomic E-state index is 0.000432. The summed E-state index contributed by atoms with van der Waals surface area (Å²) in [4.78, 5) is 30.1. The van der Waals surface area contributed by atoms with E-state index in [1.54, 1.807) is 32.4 Å². The normalized spacial score (nSPS) is 16.1. The molecule has 0 bridgehead atoms. The SMILES string of the molecule is COc1cc(OC)cc(C(=O)N2CCN(c3nc(C(C)C)nc4sc5c(c34)CCCC5)CC2)c1. The number of carbonyl (C=O) groups excluding carboxylic acids is 1. The van der Waals surface area contributed by atoms with Crippen molar-refractivity contribution in [2.45, 2.75) is 45.4 Å². The first-order valence-corrected chi connectivity index (χ1v) is 12.9. The molecule has 3 aromatic rings. The van der Waals surface area contributed by atoms with Gasteiger partial charge in [-0.25, -0.2) is 9.97 Å². The predicted octanol–water partition coefficient (Wildman–Crippen LogP) is 4.67. The Bertz CT molecular complexity index is 1190.